The molecule has 0 spiro atoms. The van der Waals surface area contributed by atoms with E-state index in [1.165, 1.54) is 6.07 Å². The number of nitrogen functional groups attached to an aromatic ring is 1. The summed E-state index contributed by atoms with van der Waals surface area (Å²) < 4.78 is 0. The van der Waals surface area contributed by atoms with Crippen LogP contribution in [0.4, 0.5) is 11.4 Å². The molecule has 4 heteroatoms. The molecule has 14 heavy (non-hydrogen) atoms. The minimum absolute atomic E-state index is 0.0130. The predicted molar refractivity (Wildman–Crippen MR) is 53.9 cm³/mol. The summed E-state index contributed by atoms with van der Waals surface area (Å²) in [5.41, 5.74) is 6.36. The van der Waals surface area contributed by atoms with Crippen LogP contribution in [0.25, 0.3) is 0 Å². The molecule has 0 bridgehead atoms. The Morgan fingerprint density at radius 1 is 1.50 bits per heavy atom. The van der Waals surface area contributed by atoms with Gasteiger partial charge in [0.1, 0.15) is 5.75 Å². The fourth-order valence-electron chi connectivity index (χ4n) is 1.23. The van der Waals surface area contributed by atoms with Gasteiger partial charge < -0.3 is 16.2 Å². The summed E-state index contributed by atoms with van der Waals surface area (Å²) in [7, 11) is 0. The summed E-state index contributed by atoms with van der Waals surface area (Å²) in [5, 5.41) is 12.1. The van der Waals surface area contributed by atoms with Crippen molar-refractivity contribution in [2.45, 2.75) is 12.8 Å². The van der Waals surface area contributed by atoms with Crippen LogP contribution in [-0.4, -0.2) is 11.0 Å². The normalized spacial score (nSPS) is 15.1. The van der Waals surface area contributed by atoms with Gasteiger partial charge in [0, 0.05) is 17.7 Å². The van der Waals surface area contributed by atoms with Crippen LogP contribution in [0.1, 0.15) is 12.8 Å². The van der Waals surface area contributed by atoms with E-state index in [2.05, 4.69) is 5.32 Å². The molecule has 1 amide bonds. The highest BCUT2D eigenvalue weighted by Crippen LogP contribution is 2.32. The van der Waals surface area contributed by atoms with Gasteiger partial charge in [-0.25, -0.2) is 0 Å². The lowest BCUT2D eigenvalue weighted by Gasteiger charge is -2.06. The van der Waals surface area contributed by atoms with Gasteiger partial charge >= 0.3 is 0 Å². The van der Waals surface area contributed by atoms with Crippen molar-refractivity contribution in [3.63, 3.8) is 0 Å². The maximum absolute atomic E-state index is 11.4. The van der Waals surface area contributed by atoms with Crippen LogP contribution >= 0.6 is 0 Å². The van der Waals surface area contributed by atoms with E-state index in [9.17, 15) is 9.90 Å². The highest BCUT2D eigenvalue weighted by molar-refractivity contribution is 5.95. The zero-order valence-electron chi connectivity index (χ0n) is 7.66. The average Bonchev–Trinajstić information content (AvgIpc) is 2.92. The minimum Gasteiger partial charge on any atom is -0.506 e. The quantitative estimate of drug-likeness (QED) is 0.488. The summed E-state index contributed by atoms with van der Waals surface area (Å²) in [6.45, 7) is 0. The van der Waals surface area contributed by atoms with Crippen LogP contribution in [0.5, 0.6) is 5.75 Å². The van der Waals surface area contributed by atoms with Crippen molar-refractivity contribution < 1.29 is 9.90 Å². The second-order valence-electron chi connectivity index (χ2n) is 3.54. The molecule has 74 valence electrons. The van der Waals surface area contributed by atoms with Gasteiger partial charge in [0.05, 0.1) is 5.69 Å². The van der Waals surface area contributed by atoms with Crippen LogP contribution < -0.4 is 11.1 Å². The van der Waals surface area contributed by atoms with Crippen molar-refractivity contribution in [2.75, 3.05) is 11.1 Å². The Balaban J connectivity index is 2.11. The first-order valence-corrected chi connectivity index (χ1v) is 4.56. The standard InChI is InChI=1S/C10H12N2O2/c11-7-3-4-8(9(13)5-7)12-10(14)6-1-2-6/h3-6,13H,1-2,11H2,(H,12,14). The number of carbonyl (C=O) groups excluding carboxylic acids is 1. The summed E-state index contributed by atoms with van der Waals surface area (Å²) in [6, 6.07) is 4.66. The minimum atomic E-state index is -0.0231. The van der Waals surface area contributed by atoms with Crippen molar-refractivity contribution in [2.24, 2.45) is 5.92 Å². The van der Waals surface area contributed by atoms with Gasteiger partial charge in [0.25, 0.3) is 0 Å². The molecule has 1 aromatic carbocycles. The second kappa shape index (κ2) is 3.21. The Kier molecular flexibility index (Phi) is 2.04. The number of hydrogen-bond donors (Lipinski definition) is 3. The molecule has 2 rings (SSSR count). The van der Waals surface area contributed by atoms with E-state index in [0.717, 1.165) is 12.8 Å². The third-order valence-corrected chi connectivity index (χ3v) is 2.23. The maximum Gasteiger partial charge on any atom is 0.227 e. The first kappa shape index (κ1) is 8.87. The molecule has 0 saturated heterocycles. The third-order valence-electron chi connectivity index (χ3n) is 2.23. The number of nitrogens with two attached hydrogens (primary N) is 1. The Labute approximate surface area is 81.7 Å². The number of phenolic OH excluding ortho intramolecular Hbond substituents is 1. The van der Waals surface area contributed by atoms with Gasteiger partial charge in [0.2, 0.25) is 5.91 Å². The van der Waals surface area contributed by atoms with Crippen LogP contribution in [0.2, 0.25) is 0 Å². The molecule has 1 aliphatic carbocycles. The lowest BCUT2D eigenvalue weighted by molar-refractivity contribution is -0.117. The van der Waals surface area contributed by atoms with E-state index in [-0.39, 0.29) is 17.6 Å². The number of carbonyl (C=O) groups is 1. The summed E-state index contributed by atoms with van der Waals surface area (Å²) >= 11 is 0. The van der Waals surface area contributed by atoms with Crippen LogP contribution in [0, 0.1) is 5.92 Å². The van der Waals surface area contributed by atoms with Gasteiger partial charge in [-0.3, -0.25) is 4.79 Å². The Morgan fingerprint density at radius 3 is 2.79 bits per heavy atom. The Morgan fingerprint density at radius 2 is 2.21 bits per heavy atom. The molecule has 0 aliphatic heterocycles. The number of nitrogens with one attached hydrogen (secondary N) is 1. The van der Waals surface area contributed by atoms with Crippen molar-refractivity contribution in [1.82, 2.24) is 0 Å². The topological polar surface area (TPSA) is 75.3 Å². The van der Waals surface area contributed by atoms with E-state index in [0.29, 0.717) is 11.4 Å². The maximum atomic E-state index is 11.4. The largest absolute Gasteiger partial charge is 0.506 e. The van der Waals surface area contributed by atoms with E-state index in [1.54, 1.807) is 12.1 Å². The van der Waals surface area contributed by atoms with Gasteiger partial charge in [-0.15, -0.1) is 0 Å². The molecule has 4 nitrogen and oxygen atoms in total. The van der Waals surface area contributed by atoms with Gasteiger partial charge in [0.15, 0.2) is 0 Å². The van der Waals surface area contributed by atoms with E-state index >= 15 is 0 Å². The van der Waals surface area contributed by atoms with Gasteiger partial charge in [-0.2, -0.15) is 0 Å². The van der Waals surface area contributed by atoms with Crippen molar-refractivity contribution in [3.8, 4) is 5.75 Å². The number of amides is 1. The number of hydrogen-bond acceptors (Lipinski definition) is 3. The van der Waals surface area contributed by atoms with Crippen molar-refractivity contribution in [1.29, 1.82) is 0 Å². The second-order valence-corrected chi connectivity index (χ2v) is 3.54. The number of benzene rings is 1. The molecular formula is C10H12N2O2. The van der Waals surface area contributed by atoms with E-state index in [1.807, 2.05) is 0 Å². The smallest absolute Gasteiger partial charge is 0.227 e. The summed E-state index contributed by atoms with van der Waals surface area (Å²) in [5.74, 6) is 0.121. The lowest BCUT2D eigenvalue weighted by atomic mass is 10.2. The molecule has 0 atom stereocenters. The molecule has 0 aromatic heterocycles. The van der Waals surface area contributed by atoms with E-state index < -0.39 is 0 Å². The number of anilines is 2. The molecule has 1 fully saturated rings. The van der Waals surface area contributed by atoms with Crippen molar-refractivity contribution in [3.05, 3.63) is 18.2 Å². The summed E-state index contributed by atoms with van der Waals surface area (Å²) in [6.07, 6.45) is 1.89. The van der Waals surface area contributed by atoms with Crippen LogP contribution in [0.3, 0.4) is 0 Å². The highest BCUT2D eigenvalue weighted by atomic mass is 16.3. The molecule has 0 heterocycles. The first-order chi connectivity index (χ1) is 6.66. The number of aromatic hydroxyl groups is 1. The molecule has 1 aromatic rings. The SMILES string of the molecule is Nc1ccc(NC(=O)C2CC2)c(O)c1. The fourth-order valence-corrected chi connectivity index (χ4v) is 1.23. The van der Waals surface area contributed by atoms with Crippen LogP contribution in [0.15, 0.2) is 18.2 Å². The monoisotopic (exact) mass is 192 g/mol. The summed E-state index contributed by atoms with van der Waals surface area (Å²) in [4.78, 5) is 11.4. The van der Waals surface area contributed by atoms with E-state index in [4.69, 9.17) is 5.73 Å². The Bertz CT molecular complexity index is 372. The lowest BCUT2D eigenvalue weighted by Crippen LogP contribution is -2.13. The predicted octanol–water partition coefficient (Wildman–Crippen LogP) is 1.32. The first-order valence-electron chi connectivity index (χ1n) is 4.56. The molecule has 4 N–H and O–H groups in total. The van der Waals surface area contributed by atoms with Crippen LogP contribution in [-0.2, 0) is 4.79 Å². The zero-order valence-corrected chi connectivity index (χ0v) is 7.66. The fraction of sp³-hybridized carbons (Fsp3) is 0.300. The third kappa shape index (κ3) is 1.79. The molecule has 1 saturated carbocycles. The average molecular weight is 192 g/mol. The number of rotatable bonds is 2. The molecular weight excluding hydrogens is 180 g/mol. The molecule has 0 unspecified atom stereocenters. The molecule has 0 radical (unpaired) electrons. The Hall–Kier alpha value is -1.71. The van der Waals surface area contributed by atoms with Crippen molar-refractivity contribution >= 4 is 17.3 Å². The number of phenols is 1. The zero-order chi connectivity index (χ0) is 10.1. The molecule has 1 aliphatic rings. The highest BCUT2D eigenvalue weighted by Gasteiger charge is 2.29. The van der Waals surface area contributed by atoms with Gasteiger partial charge in [-0.05, 0) is 25.0 Å². The van der Waals surface area contributed by atoms with Gasteiger partial charge in [-0.1, -0.05) is 0 Å².